The quantitative estimate of drug-likeness (QED) is 0.328. The second-order valence-corrected chi connectivity index (χ2v) is 9.12. The van der Waals surface area contributed by atoms with Crippen LogP contribution >= 0.6 is 0 Å². The number of amides is 3. The number of nitrogens with one attached hydrogen (secondary N) is 1. The Morgan fingerprint density at radius 3 is 2.26 bits per heavy atom. The summed E-state index contributed by atoms with van der Waals surface area (Å²) in [6, 6.07) is 11.4. The summed E-state index contributed by atoms with van der Waals surface area (Å²) in [5.74, 6) is -1.39. The maximum Gasteiger partial charge on any atom is 0.259 e. The molecule has 0 aliphatic carbocycles. The molecule has 0 atom stereocenters. The van der Waals surface area contributed by atoms with E-state index in [0.29, 0.717) is 37.3 Å². The Balaban J connectivity index is 0.00000116. The van der Waals surface area contributed by atoms with Gasteiger partial charge in [0, 0.05) is 32.4 Å². The number of nitrogens with zero attached hydrogens (tertiary/aromatic N) is 2. The number of halogens is 1. The number of imide groups is 1. The average Bonchev–Trinajstić information content (AvgIpc) is 2.95. The van der Waals surface area contributed by atoms with Crippen molar-refractivity contribution in [2.45, 2.75) is 73.1 Å². The third kappa shape index (κ3) is 10.6. The average molecular weight is 542 g/mol. The van der Waals surface area contributed by atoms with Gasteiger partial charge in [0.2, 0.25) is 6.41 Å². The Morgan fingerprint density at radius 1 is 1.08 bits per heavy atom. The molecule has 0 saturated carbocycles. The number of ether oxygens (including phenoxy) is 1. The molecule has 1 N–H and O–H groups in total. The molecule has 2 aromatic rings. The topological polar surface area (TPSA) is 79.0 Å². The van der Waals surface area contributed by atoms with Crippen LogP contribution in [0.2, 0.25) is 0 Å². The molecular weight excluding hydrogens is 497 g/mol. The van der Waals surface area contributed by atoms with Gasteiger partial charge in [-0.15, -0.1) is 0 Å². The fourth-order valence-corrected chi connectivity index (χ4v) is 4.07. The molecule has 2 aromatic carbocycles. The predicted octanol–water partition coefficient (Wildman–Crippen LogP) is 5.99. The van der Waals surface area contributed by atoms with Gasteiger partial charge in [0.1, 0.15) is 5.82 Å². The monoisotopic (exact) mass is 541 g/mol. The lowest BCUT2D eigenvalue weighted by Crippen LogP contribution is -2.41. The molecule has 0 bridgehead atoms. The van der Waals surface area contributed by atoms with Crippen molar-refractivity contribution in [3.63, 3.8) is 0 Å². The van der Waals surface area contributed by atoms with Gasteiger partial charge in [0.05, 0.1) is 23.3 Å². The molecule has 0 spiro atoms. The molecule has 1 aliphatic heterocycles. The van der Waals surface area contributed by atoms with Crippen molar-refractivity contribution in [3.8, 4) is 0 Å². The van der Waals surface area contributed by atoms with Crippen molar-refractivity contribution in [1.29, 1.82) is 0 Å². The largest absolute Gasteiger partial charge is 0.375 e. The maximum absolute atomic E-state index is 14.6. The normalized spacial score (nSPS) is 13.2. The zero-order valence-corrected chi connectivity index (χ0v) is 24.4. The molecule has 0 aromatic heterocycles. The first-order valence-electron chi connectivity index (χ1n) is 13.6. The Morgan fingerprint density at radius 2 is 1.69 bits per heavy atom. The maximum atomic E-state index is 14.6. The number of rotatable bonds is 8. The summed E-state index contributed by atoms with van der Waals surface area (Å²) in [5.41, 5.74) is 1.72. The van der Waals surface area contributed by atoms with Crippen LogP contribution < -0.4 is 10.2 Å². The number of carbonyl (C=O) groups is 3. The number of para-hydroxylation sites is 1. The lowest BCUT2D eigenvalue weighted by molar-refractivity contribution is -0.108. The Kier molecular flexibility index (Phi) is 15.4. The van der Waals surface area contributed by atoms with Crippen LogP contribution in [0, 0.1) is 5.82 Å². The van der Waals surface area contributed by atoms with Crippen molar-refractivity contribution in [3.05, 3.63) is 77.1 Å². The van der Waals surface area contributed by atoms with Crippen LogP contribution in [0.25, 0.3) is 0 Å². The zero-order chi connectivity index (χ0) is 29.4. The van der Waals surface area contributed by atoms with E-state index in [4.69, 9.17) is 4.74 Å². The van der Waals surface area contributed by atoms with Crippen LogP contribution in [0.3, 0.4) is 0 Å². The highest BCUT2D eigenvalue weighted by Gasteiger charge is 2.26. The molecule has 3 rings (SSSR count). The van der Waals surface area contributed by atoms with Crippen molar-refractivity contribution in [1.82, 2.24) is 10.2 Å². The first-order valence-corrected chi connectivity index (χ1v) is 13.6. The predicted molar refractivity (Wildman–Crippen MR) is 155 cm³/mol. The molecule has 3 amide bonds. The Labute approximate surface area is 233 Å². The van der Waals surface area contributed by atoms with Gasteiger partial charge in [-0.25, -0.2) is 4.39 Å². The van der Waals surface area contributed by atoms with Gasteiger partial charge in [-0.3, -0.25) is 19.7 Å². The van der Waals surface area contributed by atoms with E-state index < -0.39 is 11.7 Å². The first-order chi connectivity index (χ1) is 18.7. The summed E-state index contributed by atoms with van der Waals surface area (Å²) in [4.78, 5) is 39.4. The number of allylic oxidation sites excluding steroid dienone is 2. The van der Waals surface area contributed by atoms with E-state index in [0.717, 1.165) is 18.4 Å². The minimum Gasteiger partial charge on any atom is -0.375 e. The van der Waals surface area contributed by atoms with Crippen molar-refractivity contribution < 1.29 is 23.5 Å². The van der Waals surface area contributed by atoms with Gasteiger partial charge in [-0.05, 0) is 70.4 Å². The van der Waals surface area contributed by atoms with Crippen molar-refractivity contribution >= 4 is 23.9 Å². The third-order valence-corrected chi connectivity index (χ3v) is 5.96. The van der Waals surface area contributed by atoms with E-state index in [1.165, 1.54) is 6.07 Å². The van der Waals surface area contributed by atoms with Crippen molar-refractivity contribution in [2.24, 2.45) is 0 Å². The Hall–Kier alpha value is -3.52. The Bertz CT molecular complexity index is 1080. The molecule has 1 saturated heterocycles. The van der Waals surface area contributed by atoms with E-state index in [9.17, 15) is 18.8 Å². The van der Waals surface area contributed by atoms with E-state index in [2.05, 4.69) is 5.32 Å². The van der Waals surface area contributed by atoms with Gasteiger partial charge in [-0.1, -0.05) is 44.2 Å². The molecule has 1 fully saturated rings. The molecule has 8 heteroatoms. The first kappa shape index (κ1) is 33.5. The molecule has 214 valence electrons. The van der Waals surface area contributed by atoms with E-state index in [-0.39, 0.29) is 23.7 Å². The molecular formula is C31H44FN3O4. The summed E-state index contributed by atoms with van der Waals surface area (Å²) in [7, 11) is 1.79. The van der Waals surface area contributed by atoms with Gasteiger partial charge in [-0.2, -0.15) is 0 Å². The minimum atomic E-state index is -0.558. The highest BCUT2D eigenvalue weighted by Crippen LogP contribution is 2.23. The number of carbonyl (C=O) groups excluding carboxylic acids is 3. The SMILES string of the molecule is C/C=C\C.CC.CC(C)OC1CCN(C(=O)c2cc(CN(C)c3ccccc3C(=O)NC=O)ccc2F)CC1. The molecule has 0 radical (unpaired) electrons. The van der Waals surface area contributed by atoms with Gasteiger partial charge in [0.25, 0.3) is 11.8 Å². The second-order valence-electron chi connectivity index (χ2n) is 9.12. The van der Waals surface area contributed by atoms with E-state index in [1.807, 2.05) is 58.6 Å². The number of benzene rings is 2. The third-order valence-electron chi connectivity index (χ3n) is 5.96. The van der Waals surface area contributed by atoms with E-state index in [1.54, 1.807) is 48.3 Å². The second kappa shape index (κ2) is 17.9. The highest BCUT2D eigenvalue weighted by atomic mass is 19.1. The lowest BCUT2D eigenvalue weighted by atomic mass is 10.0. The lowest BCUT2D eigenvalue weighted by Gasteiger charge is -2.33. The highest BCUT2D eigenvalue weighted by molar-refractivity contribution is 6.04. The number of hydrogen-bond acceptors (Lipinski definition) is 5. The van der Waals surface area contributed by atoms with Crippen LogP contribution in [0.1, 0.15) is 80.7 Å². The van der Waals surface area contributed by atoms with Gasteiger partial charge >= 0.3 is 0 Å². The summed E-state index contributed by atoms with van der Waals surface area (Å²) in [6.45, 7) is 13.4. The molecule has 7 nitrogen and oxygen atoms in total. The number of piperidine rings is 1. The molecule has 1 heterocycles. The number of likely N-dealkylation sites (tertiary alicyclic amines) is 1. The summed E-state index contributed by atoms with van der Waals surface area (Å²) in [5, 5.41) is 2.15. The summed E-state index contributed by atoms with van der Waals surface area (Å²) >= 11 is 0. The standard InChI is InChI=1S/C25H30FN3O4.C4H8.C2H6/c1-17(2)33-19-10-12-29(13-11-19)25(32)21-14-18(8-9-22(21)26)15-28(3)23-7-5-4-6-20(23)24(31)27-16-30;1-3-4-2;1-2/h4-9,14,16-17,19H,10-13,15H2,1-3H3,(H,27,30,31);3-4H,1-2H3;1-2H3/b;4-3-;. The van der Waals surface area contributed by atoms with Crippen LogP contribution in [-0.4, -0.2) is 55.5 Å². The van der Waals surface area contributed by atoms with Gasteiger partial charge < -0.3 is 14.5 Å². The molecule has 39 heavy (non-hydrogen) atoms. The van der Waals surface area contributed by atoms with Crippen LogP contribution in [0.15, 0.2) is 54.6 Å². The van der Waals surface area contributed by atoms with Crippen LogP contribution in [0.4, 0.5) is 10.1 Å². The van der Waals surface area contributed by atoms with Gasteiger partial charge in [0.15, 0.2) is 0 Å². The summed E-state index contributed by atoms with van der Waals surface area (Å²) < 4.78 is 20.4. The molecule has 1 aliphatic rings. The zero-order valence-electron chi connectivity index (χ0n) is 24.4. The van der Waals surface area contributed by atoms with Crippen LogP contribution in [0.5, 0.6) is 0 Å². The fraction of sp³-hybridized carbons (Fsp3) is 0.452. The van der Waals surface area contributed by atoms with E-state index >= 15 is 0 Å². The number of hydrogen-bond donors (Lipinski definition) is 1. The van der Waals surface area contributed by atoms with Crippen molar-refractivity contribution in [2.75, 3.05) is 25.0 Å². The fourth-order valence-electron chi connectivity index (χ4n) is 4.07. The van der Waals surface area contributed by atoms with Crippen LogP contribution in [-0.2, 0) is 16.1 Å². The minimum absolute atomic E-state index is 0.0381. The summed E-state index contributed by atoms with van der Waals surface area (Å²) in [6.07, 6.45) is 6.06. The molecule has 0 unspecified atom stereocenters. The number of anilines is 1. The smallest absolute Gasteiger partial charge is 0.259 e.